The SMILES string of the molecule is CN(Cc1noc(C2CCCC2)n1)C(=O)Cn1ccc(C2CCCNC2)n1.Cl. The van der Waals surface area contributed by atoms with Gasteiger partial charge in [-0.1, -0.05) is 18.0 Å². The van der Waals surface area contributed by atoms with Crippen molar-refractivity contribution in [3.8, 4) is 0 Å². The smallest absolute Gasteiger partial charge is 0.244 e. The lowest BCUT2D eigenvalue weighted by atomic mass is 9.97. The average Bonchev–Trinajstić information content (AvgIpc) is 3.44. The van der Waals surface area contributed by atoms with Crippen LogP contribution in [0.3, 0.4) is 0 Å². The summed E-state index contributed by atoms with van der Waals surface area (Å²) in [6.07, 6.45) is 8.91. The van der Waals surface area contributed by atoms with Crippen LogP contribution in [0.25, 0.3) is 0 Å². The molecule has 2 aromatic heterocycles. The van der Waals surface area contributed by atoms with E-state index in [1.165, 1.54) is 19.3 Å². The van der Waals surface area contributed by atoms with Gasteiger partial charge < -0.3 is 14.7 Å². The van der Waals surface area contributed by atoms with Crippen molar-refractivity contribution in [2.45, 2.75) is 63.5 Å². The Hall–Kier alpha value is -1.93. The number of likely N-dealkylation sites (N-methyl/N-ethyl adjacent to an activating group) is 1. The standard InChI is InChI=1S/C19H28N6O2.ClH/c1-24(12-17-21-19(27-23-17)14-5-2-3-6-14)18(26)13-25-10-8-16(22-25)15-7-4-9-20-11-15;/h8,10,14-15,20H,2-7,9,11-13H2,1H3;1H. The minimum absolute atomic E-state index is 0. The third-order valence-corrected chi connectivity index (χ3v) is 5.67. The van der Waals surface area contributed by atoms with E-state index in [9.17, 15) is 4.79 Å². The normalized spacial score (nSPS) is 20.1. The second kappa shape index (κ2) is 9.52. The van der Waals surface area contributed by atoms with E-state index < -0.39 is 0 Å². The fraction of sp³-hybridized carbons (Fsp3) is 0.684. The van der Waals surface area contributed by atoms with E-state index in [0.717, 1.165) is 43.9 Å². The third kappa shape index (κ3) is 4.91. The number of hydrogen-bond acceptors (Lipinski definition) is 6. The van der Waals surface area contributed by atoms with Crippen molar-refractivity contribution < 1.29 is 9.32 Å². The Kier molecular flexibility index (Phi) is 7.07. The molecule has 1 atom stereocenters. The highest BCUT2D eigenvalue weighted by Crippen LogP contribution is 2.32. The molecular formula is C19H29ClN6O2. The lowest BCUT2D eigenvalue weighted by Gasteiger charge is -2.20. The van der Waals surface area contributed by atoms with Crippen molar-refractivity contribution in [1.82, 2.24) is 30.1 Å². The van der Waals surface area contributed by atoms with Gasteiger partial charge in [-0.2, -0.15) is 10.1 Å². The van der Waals surface area contributed by atoms with Crippen LogP contribution in [0.2, 0.25) is 0 Å². The summed E-state index contributed by atoms with van der Waals surface area (Å²) in [5.41, 5.74) is 1.07. The molecule has 0 aromatic carbocycles. The second-order valence-corrected chi connectivity index (χ2v) is 7.76. The predicted molar refractivity (Wildman–Crippen MR) is 106 cm³/mol. The number of aromatic nitrogens is 4. The maximum absolute atomic E-state index is 12.5. The molecule has 1 unspecified atom stereocenters. The highest BCUT2D eigenvalue weighted by Gasteiger charge is 2.24. The number of carbonyl (C=O) groups is 1. The molecule has 4 rings (SSSR count). The van der Waals surface area contributed by atoms with Gasteiger partial charge in [-0.3, -0.25) is 9.48 Å². The van der Waals surface area contributed by atoms with Crippen molar-refractivity contribution in [2.75, 3.05) is 20.1 Å². The van der Waals surface area contributed by atoms with Crippen molar-refractivity contribution in [3.05, 3.63) is 29.7 Å². The van der Waals surface area contributed by atoms with Gasteiger partial charge in [0.2, 0.25) is 11.8 Å². The molecule has 1 N–H and O–H groups in total. The number of amides is 1. The maximum Gasteiger partial charge on any atom is 0.244 e. The first-order valence-electron chi connectivity index (χ1n) is 9.99. The van der Waals surface area contributed by atoms with Crippen LogP contribution in [0.4, 0.5) is 0 Å². The van der Waals surface area contributed by atoms with E-state index in [0.29, 0.717) is 24.2 Å². The molecule has 0 bridgehead atoms. The Morgan fingerprint density at radius 1 is 1.29 bits per heavy atom. The molecule has 1 saturated carbocycles. The van der Waals surface area contributed by atoms with Crippen molar-refractivity contribution >= 4 is 18.3 Å². The average molecular weight is 409 g/mol. The van der Waals surface area contributed by atoms with E-state index in [1.54, 1.807) is 16.6 Å². The monoisotopic (exact) mass is 408 g/mol. The minimum Gasteiger partial charge on any atom is -0.339 e. The van der Waals surface area contributed by atoms with Crippen LogP contribution >= 0.6 is 12.4 Å². The quantitative estimate of drug-likeness (QED) is 0.789. The molecule has 2 aromatic rings. The van der Waals surface area contributed by atoms with Crippen molar-refractivity contribution in [3.63, 3.8) is 0 Å². The molecule has 8 nitrogen and oxygen atoms in total. The van der Waals surface area contributed by atoms with E-state index in [2.05, 4.69) is 20.6 Å². The van der Waals surface area contributed by atoms with Crippen LogP contribution in [0.15, 0.2) is 16.8 Å². The summed E-state index contributed by atoms with van der Waals surface area (Å²) < 4.78 is 7.12. The van der Waals surface area contributed by atoms with Gasteiger partial charge in [0.1, 0.15) is 6.54 Å². The first kappa shape index (κ1) is 20.8. The topological polar surface area (TPSA) is 89.1 Å². The molecule has 1 aliphatic heterocycles. The highest BCUT2D eigenvalue weighted by atomic mass is 35.5. The minimum atomic E-state index is -0.0152. The lowest BCUT2D eigenvalue weighted by Crippen LogP contribution is -2.31. The molecule has 3 heterocycles. The number of piperidine rings is 1. The molecule has 9 heteroatoms. The van der Waals surface area contributed by atoms with Gasteiger partial charge in [-0.25, -0.2) is 0 Å². The van der Waals surface area contributed by atoms with Gasteiger partial charge in [0.15, 0.2) is 5.82 Å². The van der Waals surface area contributed by atoms with Crippen LogP contribution < -0.4 is 5.32 Å². The van der Waals surface area contributed by atoms with Crippen LogP contribution in [0.1, 0.15) is 67.8 Å². The Morgan fingerprint density at radius 2 is 2.07 bits per heavy atom. The summed E-state index contributed by atoms with van der Waals surface area (Å²) in [7, 11) is 1.77. The van der Waals surface area contributed by atoms with E-state index in [1.807, 2.05) is 12.3 Å². The summed E-state index contributed by atoms with van der Waals surface area (Å²) in [5, 5.41) is 12.0. The molecule has 28 heavy (non-hydrogen) atoms. The summed E-state index contributed by atoms with van der Waals surface area (Å²) in [5.74, 6) is 2.12. The number of carbonyl (C=O) groups excluding carboxylic acids is 1. The Morgan fingerprint density at radius 3 is 2.82 bits per heavy atom. The van der Waals surface area contributed by atoms with Gasteiger partial charge >= 0.3 is 0 Å². The zero-order valence-corrected chi connectivity index (χ0v) is 17.2. The number of nitrogens with zero attached hydrogens (tertiary/aromatic N) is 5. The molecule has 2 aliphatic rings. The Balaban J connectivity index is 0.00000225. The van der Waals surface area contributed by atoms with Gasteiger partial charge in [0, 0.05) is 31.6 Å². The van der Waals surface area contributed by atoms with Crippen LogP contribution in [-0.2, 0) is 17.9 Å². The predicted octanol–water partition coefficient (Wildman–Crippen LogP) is 2.47. The molecule has 1 saturated heterocycles. The number of rotatable bonds is 6. The van der Waals surface area contributed by atoms with Crippen molar-refractivity contribution in [2.24, 2.45) is 0 Å². The van der Waals surface area contributed by atoms with E-state index >= 15 is 0 Å². The second-order valence-electron chi connectivity index (χ2n) is 7.76. The van der Waals surface area contributed by atoms with Gasteiger partial charge in [-0.15, -0.1) is 12.4 Å². The zero-order valence-electron chi connectivity index (χ0n) is 16.3. The largest absolute Gasteiger partial charge is 0.339 e. The maximum atomic E-state index is 12.5. The fourth-order valence-corrected chi connectivity index (χ4v) is 4.02. The Labute approximate surface area is 171 Å². The summed E-state index contributed by atoms with van der Waals surface area (Å²) in [6, 6.07) is 2.03. The fourth-order valence-electron chi connectivity index (χ4n) is 4.02. The lowest BCUT2D eigenvalue weighted by molar-refractivity contribution is -0.131. The number of hydrogen-bond donors (Lipinski definition) is 1. The summed E-state index contributed by atoms with van der Waals surface area (Å²) in [6.45, 7) is 2.63. The van der Waals surface area contributed by atoms with Crippen LogP contribution in [0.5, 0.6) is 0 Å². The van der Waals surface area contributed by atoms with Gasteiger partial charge in [-0.05, 0) is 38.3 Å². The molecule has 1 amide bonds. The molecule has 0 radical (unpaired) electrons. The van der Waals surface area contributed by atoms with Gasteiger partial charge in [0.25, 0.3) is 0 Å². The molecule has 2 fully saturated rings. The summed E-state index contributed by atoms with van der Waals surface area (Å²) in [4.78, 5) is 18.6. The molecular weight excluding hydrogens is 380 g/mol. The molecule has 0 spiro atoms. The Bertz CT molecular complexity index is 764. The first-order chi connectivity index (χ1) is 13.2. The van der Waals surface area contributed by atoms with E-state index in [-0.39, 0.29) is 24.9 Å². The number of halogens is 1. The number of nitrogens with one attached hydrogen (secondary N) is 1. The zero-order chi connectivity index (χ0) is 18.6. The molecule has 154 valence electrons. The van der Waals surface area contributed by atoms with Gasteiger partial charge in [0.05, 0.1) is 12.2 Å². The van der Waals surface area contributed by atoms with Crippen molar-refractivity contribution in [1.29, 1.82) is 0 Å². The van der Waals surface area contributed by atoms with E-state index in [4.69, 9.17) is 4.52 Å². The molecule has 1 aliphatic carbocycles. The van der Waals surface area contributed by atoms with Crippen LogP contribution in [-0.4, -0.2) is 50.9 Å². The van der Waals surface area contributed by atoms with Crippen LogP contribution in [0, 0.1) is 0 Å². The first-order valence-corrected chi connectivity index (χ1v) is 9.99. The highest BCUT2D eigenvalue weighted by molar-refractivity contribution is 5.85. The third-order valence-electron chi connectivity index (χ3n) is 5.67. The summed E-state index contributed by atoms with van der Waals surface area (Å²) >= 11 is 0.